The lowest BCUT2D eigenvalue weighted by molar-refractivity contribution is -0.129. The molecule has 1 fully saturated rings. The molecule has 4 rings (SSSR count). The molecular weight excluding hydrogens is 484 g/mol. The van der Waals surface area contributed by atoms with Gasteiger partial charge in [-0.05, 0) is 36.6 Å². The van der Waals surface area contributed by atoms with E-state index in [-0.39, 0.29) is 18.1 Å². The Morgan fingerprint density at radius 1 is 1.23 bits per heavy atom. The van der Waals surface area contributed by atoms with Crippen LogP contribution in [0.2, 0.25) is 0 Å². The fourth-order valence-corrected chi connectivity index (χ4v) is 5.15. The molecule has 3 aromatic rings. The Morgan fingerprint density at radius 2 is 1.94 bits per heavy atom. The molecule has 186 valence electrons. The molecule has 1 aliphatic rings. The molecule has 0 bridgehead atoms. The highest BCUT2D eigenvalue weighted by molar-refractivity contribution is 8.00. The van der Waals surface area contributed by atoms with E-state index in [1.807, 2.05) is 42.4 Å². The first-order valence-corrected chi connectivity index (χ1v) is 13.3. The Morgan fingerprint density at radius 3 is 2.60 bits per heavy atom. The number of aliphatic hydroxyl groups is 1. The lowest BCUT2D eigenvalue weighted by Crippen LogP contribution is -2.39. The molecule has 1 saturated heterocycles. The van der Waals surface area contributed by atoms with Crippen LogP contribution in [0.5, 0.6) is 0 Å². The number of carbonyl (C=O) groups is 1. The first kappa shape index (κ1) is 26.8. The number of fused-ring (bicyclic) bond motifs is 1. The summed E-state index contributed by atoms with van der Waals surface area (Å²) < 4.78 is 22.8. The highest BCUT2D eigenvalue weighted by atomic mass is 32.2. The number of nitrogens with zero attached hydrogens (tertiary/aromatic N) is 3. The van der Waals surface area contributed by atoms with Gasteiger partial charge in [0.2, 0.25) is 5.91 Å². The summed E-state index contributed by atoms with van der Waals surface area (Å²) in [5.41, 5.74) is 3.25. The average molecular weight is 515 g/mol. The monoisotopic (exact) mass is 514 g/mol. The van der Waals surface area contributed by atoms with Crippen LogP contribution < -0.4 is 0 Å². The van der Waals surface area contributed by atoms with Gasteiger partial charge in [-0.25, -0.2) is 0 Å². The van der Waals surface area contributed by atoms with Crippen LogP contribution in [0.15, 0.2) is 65.7 Å². The van der Waals surface area contributed by atoms with Crippen LogP contribution in [0.4, 0.5) is 0 Å². The number of likely N-dealkylation sites (N-methyl/N-ethyl adjacent to an activating group) is 1. The van der Waals surface area contributed by atoms with Crippen LogP contribution in [0, 0.1) is 11.7 Å². The third-order valence-corrected chi connectivity index (χ3v) is 7.06. The number of aliphatic hydroxyl groups excluding tert-OH is 1. The summed E-state index contributed by atoms with van der Waals surface area (Å²) in [6.45, 7) is 4.32. The average Bonchev–Trinajstić information content (AvgIpc) is 3.26. The molecule has 0 saturated carbocycles. The number of rotatable bonds is 7. The number of carbonyl (C=O) groups excluding carboxylic acids is 1. The lowest BCUT2D eigenvalue weighted by atomic mass is 10.1. The highest BCUT2D eigenvalue weighted by Crippen LogP contribution is 2.30. The van der Waals surface area contributed by atoms with Crippen molar-refractivity contribution in [3.05, 3.63) is 71.9 Å². The maximum atomic E-state index is 13.2. The zero-order valence-electron chi connectivity index (χ0n) is 19.8. The van der Waals surface area contributed by atoms with Gasteiger partial charge in [0.25, 0.3) is 0 Å². The van der Waals surface area contributed by atoms with E-state index in [0.29, 0.717) is 12.3 Å². The molecule has 10 heteroatoms. The summed E-state index contributed by atoms with van der Waals surface area (Å²) in [6, 6.07) is 18.3. The molecule has 1 aliphatic heterocycles. The number of aromatic nitrogens is 1. The standard InChI is InChI=1S/C25H29N3O2S.HNO2S/c1-18-10-11-23(21-9-6-13-26-25(18)21)31-17-24(30)27(2)22(19-7-4-3-5-8-19)16-28-14-12-20(29)15-28;1-4(2)3/h3-11,13,20,22,29H,12,14-17H2,1-2H3;1H/t20-,22?;/m0./s1. The van der Waals surface area contributed by atoms with Crippen LogP contribution >= 0.6 is 11.8 Å². The second kappa shape index (κ2) is 12.8. The maximum absolute atomic E-state index is 13.2. The van der Waals surface area contributed by atoms with Crippen molar-refractivity contribution in [1.29, 1.82) is 4.78 Å². The number of hydrogen-bond donors (Lipinski definition) is 2. The van der Waals surface area contributed by atoms with E-state index < -0.39 is 10.5 Å². The van der Waals surface area contributed by atoms with Crippen molar-refractivity contribution in [2.24, 2.45) is 0 Å². The minimum atomic E-state index is -2.61. The van der Waals surface area contributed by atoms with Crippen LogP contribution in [-0.4, -0.2) is 72.8 Å². The molecule has 0 spiro atoms. The number of pyridine rings is 1. The second-order valence-electron chi connectivity index (χ2n) is 8.44. The van der Waals surface area contributed by atoms with Gasteiger partial charge in [0.1, 0.15) is 0 Å². The molecule has 1 unspecified atom stereocenters. The maximum Gasteiger partial charge on any atom is 0.308 e. The number of thioether (sulfide) groups is 1. The van der Waals surface area contributed by atoms with Gasteiger partial charge in [-0.15, -0.1) is 11.8 Å². The van der Waals surface area contributed by atoms with Crippen molar-refractivity contribution in [2.75, 3.05) is 32.4 Å². The molecule has 1 aromatic heterocycles. The summed E-state index contributed by atoms with van der Waals surface area (Å²) in [4.78, 5) is 22.9. The zero-order valence-corrected chi connectivity index (χ0v) is 21.4. The van der Waals surface area contributed by atoms with Crippen LogP contribution in [0.1, 0.15) is 23.6 Å². The first-order chi connectivity index (χ1) is 16.8. The normalized spacial score (nSPS) is 16.4. The molecule has 35 heavy (non-hydrogen) atoms. The van der Waals surface area contributed by atoms with Crippen molar-refractivity contribution in [1.82, 2.24) is 14.8 Å². The smallest absolute Gasteiger partial charge is 0.308 e. The molecule has 2 atom stereocenters. The largest absolute Gasteiger partial charge is 0.392 e. The van der Waals surface area contributed by atoms with Gasteiger partial charge in [0.15, 0.2) is 0 Å². The van der Waals surface area contributed by atoms with E-state index in [9.17, 15) is 9.90 Å². The Labute approximate surface area is 211 Å². The van der Waals surface area contributed by atoms with Crippen LogP contribution in [-0.2, 0) is 15.3 Å². The summed E-state index contributed by atoms with van der Waals surface area (Å²) in [5, 5.41) is 11.0. The zero-order chi connectivity index (χ0) is 25.4. The van der Waals surface area contributed by atoms with Crippen LogP contribution in [0.3, 0.4) is 0 Å². The van der Waals surface area contributed by atoms with Gasteiger partial charge in [0, 0.05) is 43.2 Å². The minimum absolute atomic E-state index is 0.0453. The Hall–Kier alpha value is -2.79. The Bertz CT molecular complexity index is 1250. The van der Waals surface area contributed by atoms with E-state index in [4.69, 9.17) is 13.2 Å². The van der Waals surface area contributed by atoms with Gasteiger partial charge < -0.3 is 10.0 Å². The number of aryl methyl sites for hydroxylation is 1. The fourth-order valence-electron chi connectivity index (χ4n) is 4.18. The van der Waals surface area contributed by atoms with Crippen molar-refractivity contribution in [3.8, 4) is 0 Å². The first-order valence-electron chi connectivity index (χ1n) is 11.2. The van der Waals surface area contributed by atoms with Gasteiger partial charge in [-0.3, -0.25) is 14.7 Å². The van der Waals surface area contributed by atoms with E-state index in [1.165, 1.54) is 0 Å². The van der Waals surface area contributed by atoms with E-state index in [1.54, 1.807) is 11.8 Å². The Kier molecular flexibility index (Phi) is 9.79. The third kappa shape index (κ3) is 7.60. The van der Waals surface area contributed by atoms with Crippen molar-refractivity contribution < 1.29 is 18.3 Å². The van der Waals surface area contributed by atoms with E-state index in [2.05, 4.69) is 47.1 Å². The quantitative estimate of drug-likeness (QED) is 0.464. The van der Waals surface area contributed by atoms with Crippen molar-refractivity contribution in [3.63, 3.8) is 0 Å². The number of β-amino-alcohol motifs (C(OH)–C–C–N with tert-alkyl or cyclic N) is 1. The summed E-state index contributed by atoms with van der Waals surface area (Å²) in [7, 11) is -0.720. The van der Waals surface area contributed by atoms with E-state index in [0.717, 1.165) is 46.4 Å². The minimum Gasteiger partial charge on any atom is -0.392 e. The van der Waals surface area contributed by atoms with Crippen molar-refractivity contribution in [2.45, 2.75) is 30.4 Å². The summed E-state index contributed by atoms with van der Waals surface area (Å²) in [5.74, 6) is 0.464. The predicted octanol–water partition coefficient (Wildman–Crippen LogP) is 3.53. The second-order valence-corrected chi connectivity index (χ2v) is 9.92. The topological polar surface area (TPSA) is 115 Å². The highest BCUT2D eigenvalue weighted by Gasteiger charge is 2.28. The molecule has 8 nitrogen and oxygen atoms in total. The van der Waals surface area contributed by atoms with Gasteiger partial charge in [0.05, 0.1) is 23.4 Å². The number of amides is 1. The third-order valence-electron chi connectivity index (χ3n) is 6.01. The fraction of sp³-hybridized carbons (Fsp3) is 0.360. The molecule has 0 aliphatic carbocycles. The molecule has 2 aromatic carbocycles. The van der Waals surface area contributed by atoms with Gasteiger partial charge in [-0.2, -0.15) is 13.2 Å². The summed E-state index contributed by atoms with van der Waals surface area (Å²) in [6.07, 6.45) is 2.34. The summed E-state index contributed by atoms with van der Waals surface area (Å²) >= 11 is 1.57. The number of benzene rings is 2. The lowest BCUT2D eigenvalue weighted by Gasteiger charge is -2.32. The van der Waals surface area contributed by atoms with E-state index >= 15 is 0 Å². The molecule has 0 radical (unpaired) electrons. The predicted molar refractivity (Wildman–Crippen MR) is 138 cm³/mol. The molecule has 2 heterocycles. The van der Waals surface area contributed by atoms with Crippen molar-refractivity contribution >= 4 is 39.1 Å². The molecular formula is C25H30N4O4S2. The van der Waals surface area contributed by atoms with Gasteiger partial charge in [-0.1, -0.05) is 42.5 Å². The number of likely N-dealkylation sites (tertiary alicyclic amines) is 1. The molecule has 2 N–H and O–H groups in total. The number of nitrogens with one attached hydrogen (secondary N) is 1. The molecule has 1 amide bonds. The SMILES string of the molecule is Cc1ccc(SCC(=O)N(C)C(CN2CC[C@H](O)C2)c2ccccc2)c2cccnc12.N=S(=O)=O. The Balaban J connectivity index is 0.000000795. The number of hydrogen-bond acceptors (Lipinski definition) is 8. The van der Waals surface area contributed by atoms with Gasteiger partial charge >= 0.3 is 10.5 Å². The van der Waals surface area contributed by atoms with Crippen LogP contribution in [0.25, 0.3) is 10.9 Å².